The third kappa shape index (κ3) is 3.33. The highest BCUT2D eigenvalue weighted by Crippen LogP contribution is 2.25. The van der Waals surface area contributed by atoms with Crippen LogP contribution in [0.5, 0.6) is 5.75 Å². The van der Waals surface area contributed by atoms with Crippen molar-refractivity contribution in [2.24, 2.45) is 0 Å². The van der Waals surface area contributed by atoms with Gasteiger partial charge in [-0.2, -0.15) is 0 Å². The lowest BCUT2D eigenvalue weighted by molar-refractivity contribution is 0.124. The van der Waals surface area contributed by atoms with E-state index in [2.05, 4.69) is 16.8 Å². The number of rotatable bonds is 5. The molecule has 0 spiro atoms. The minimum atomic E-state index is 0.671. The van der Waals surface area contributed by atoms with Crippen LogP contribution in [-0.2, 0) is 6.54 Å². The van der Waals surface area contributed by atoms with E-state index in [1.165, 1.54) is 25.7 Å². The number of nitrogens with zero attached hydrogens (tertiary/aromatic N) is 2. The highest BCUT2D eigenvalue weighted by molar-refractivity contribution is 5.57. The molecule has 1 unspecified atom stereocenters. The summed E-state index contributed by atoms with van der Waals surface area (Å²) in [6, 6.07) is 8.55. The Kier molecular flexibility index (Phi) is 4.78. The average Bonchev–Trinajstić information content (AvgIpc) is 3.04. The number of oxazole rings is 1. The van der Waals surface area contributed by atoms with Crippen LogP contribution in [0.25, 0.3) is 11.3 Å². The largest absolute Gasteiger partial charge is 0.497 e. The molecule has 4 nitrogen and oxygen atoms in total. The van der Waals surface area contributed by atoms with Crippen LogP contribution in [0.3, 0.4) is 0 Å². The number of likely N-dealkylation sites (tertiary alicyclic amines) is 1. The van der Waals surface area contributed by atoms with Gasteiger partial charge in [-0.1, -0.05) is 13.3 Å². The molecule has 0 bridgehead atoms. The Bertz CT molecular complexity index is 591. The Labute approximate surface area is 132 Å². The van der Waals surface area contributed by atoms with Crippen molar-refractivity contribution in [1.82, 2.24) is 9.88 Å². The molecule has 1 aromatic carbocycles. The van der Waals surface area contributed by atoms with Crippen molar-refractivity contribution in [2.75, 3.05) is 13.7 Å². The summed E-state index contributed by atoms with van der Waals surface area (Å²) in [4.78, 5) is 6.97. The molecule has 0 radical (unpaired) electrons. The number of ether oxygens (including phenoxy) is 1. The normalized spacial score (nSPS) is 19.3. The van der Waals surface area contributed by atoms with Crippen LogP contribution in [0.15, 0.2) is 34.9 Å². The van der Waals surface area contributed by atoms with Crippen LogP contribution < -0.4 is 4.74 Å². The van der Waals surface area contributed by atoms with E-state index in [1.54, 1.807) is 7.11 Å². The molecule has 3 rings (SSSR count). The smallest absolute Gasteiger partial charge is 0.209 e. The molecule has 22 heavy (non-hydrogen) atoms. The van der Waals surface area contributed by atoms with E-state index in [0.29, 0.717) is 6.04 Å². The molecular formula is C18H24N2O2. The Hall–Kier alpha value is -1.81. The summed E-state index contributed by atoms with van der Waals surface area (Å²) in [5, 5.41) is 0. The SMILES string of the molecule is CCC1CCCCN1Cc1ncc(-c2ccc(OC)cc2)o1. The molecule has 2 heterocycles. The third-order valence-corrected chi connectivity index (χ3v) is 4.49. The average molecular weight is 300 g/mol. The van der Waals surface area contributed by atoms with Gasteiger partial charge >= 0.3 is 0 Å². The van der Waals surface area contributed by atoms with Gasteiger partial charge in [0.2, 0.25) is 5.89 Å². The molecule has 0 amide bonds. The molecule has 0 aliphatic carbocycles. The standard InChI is InChI=1S/C18H24N2O2/c1-3-15-6-4-5-11-20(15)13-18-19-12-17(22-18)14-7-9-16(21-2)10-8-14/h7-10,12,15H,3-6,11,13H2,1-2H3. The van der Waals surface area contributed by atoms with Crippen LogP contribution in [-0.4, -0.2) is 29.6 Å². The predicted octanol–water partition coefficient (Wildman–Crippen LogP) is 4.11. The van der Waals surface area contributed by atoms with E-state index >= 15 is 0 Å². The first-order chi connectivity index (χ1) is 10.8. The molecule has 2 aromatic rings. The molecular weight excluding hydrogens is 276 g/mol. The Morgan fingerprint density at radius 3 is 2.82 bits per heavy atom. The summed E-state index contributed by atoms with van der Waals surface area (Å²) in [5.41, 5.74) is 1.03. The number of hydrogen-bond acceptors (Lipinski definition) is 4. The predicted molar refractivity (Wildman–Crippen MR) is 86.8 cm³/mol. The quantitative estimate of drug-likeness (QED) is 0.832. The van der Waals surface area contributed by atoms with Gasteiger partial charge in [-0.25, -0.2) is 4.98 Å². The third-order valence-electron chi connectivity index (χ3n) is 4.49. The maximum atomic E-state index is 5.95. The molecule has 118 valence electrons. The second-order valence-electron chi connectivity index (χ2n) is 5.88. The molecule has 0 saturated carbocycles. The zero-order valence-electron chi connectivity index (χ0n) is 13.4. The molecule has 1 fully saturated rings. The van der Waals surface area contributed by atoms with Gasteiger partial charge in [-0.3, -0.25) is 4.90 Å². The minimum absolute atomic E-state index is 0.671. The van der Waals surface area contributed by atoms with E-state index in [4.69, 9.17) is 9.15 Å². The first-order valence-electron chi connectivity index (χ1n) is 8.13. The highest BCUT2D eigenvalue weighted by Gasteiger charge is 2.22. The van der Waals surface area contributed by atoms with Gasteiger partial charge in [0.15, 0.2) is 5.76 Å². The van der Waals surface area contributed by atoms with Gasteiger partial charge in [0.1, 0.15) is 5.75 Å². The summed E-state index contributed by atoms with van der Waals surface area (Å²) in [6.45, 7) is 4.23. The van der Waals surface area contributed by atoms with E-state index in [-0.39, 0.29) is 0 Å². The molecule has 1 aliphatic heterocycles. The van der Waals surface area contributed by atoms with Gasteiger partial charge in [0.05, 0.1) is 19.9 Å². The summed E-state index contributed by atoms with van der Waals surface area (Å²) in [7, 11) is 1.67. The first kappa shape index (κ1) is 15.1. The summed E-state index contributed by atoms with van der Waals surface area (Å²) in [5.74, 6) is 2.48. The lowest BCUT2D eigenvalue weighted by atomic mass is 10.0. The second-order valence-corrected chi connectivity index (χ2v) is 5.88. The van der Waals surface area contributed by atoms with E-state index < -0.39 is 0 Å². The van der Waals surface area contributed by atoms with Gasteiger partial charge < -0.3 is 9.15 Å². The molecule has 1 saturated heterocycles. The monoisotopic (exact) mass is 300 g/mol. The van der Waals surface area contributed by atoms with Gasteiger partial charge in [0, 0.05) is 11.6 Å². The van der Waals surface area contributed by atoms with E-state index in [1.807, 2.05) is 30.5 Å². The molecule has 1 aromatic heterocycles. The number of aromatic nitrogens is 1. The summed E-state index contributed by atoms with van der Waals surface area (Å²) < 4.78 is 11.1. The van der Waals surface area contributed by atoms with Crippen molar-refractivity contribution < 1.29 is 9.15 Å². The highest BCUT2D eigenvalue weighted by atomic mass is 16.5. The fourth-order valence-electron chi connectivity index (χ4n) is 3.18. The van der Waals surface area contributed by atoms with E-state index in [9.17, 15) is 0 Å². The van der Waals surface area contributed by atoms with Crippen molar-refractivity contribution in [3.63, 3.8) is 0 Å². The first-order valence-corrected chi connectivity index (χ1v) is 8.13. The maximum absolute atomic E-state index is 5.95. The lowest BCUT2D eigenvalue weighted by Gasteiger charge is -2.34. The van der Waals surface area contributed by atoms with Crippen molar-refractivity contribution in [3.05, 3.63) is 36.4 Å². The molecule has 4 heteroatoms. The summed E-state index contributed by atoms with van der Waals surface area (Å²) in [6.07, 6.45) is 6.94. The molecule has 0 N–H and O–H groups in total. The van der Waals surface area contributed by atoms with Crippen LogP contribution >= 0.6 is 0 Å². The van der Waals surface area contributed by atoms with E-state index in [0.717, 1.165) is 36.1 Å². The Balaban J connectivity index is 1.70. The number of piperidine rings is 1. The zero-order chi connectivity index (χ0) is 15.4. The van der Waals surface area contributed by atoms with Crippen LogP contribution in [0.1, 0.15) is 38.5 Å². The van der Waals surface area contributed by atoms with Crippen LogP contribution in [0.4, 0.5) is 0 Å². The van der Waals surface area contributed by atoms with Gasteiger partial charge in [-0.15, -0.1) is 0 Å². The van der Waals surface area contributed by atoms with Crippen molar-refractivity contribution in [3.8, 4) is 17.1 Å². The maximum Gasteiger partial charge on any atom is 0.209 e. The number of benzene rings is 1. The Morgan fingerprint density at radius 1 is 1.27 bits per heavy atom. The van der Waals surface area contributed by atoms with Crippen molar-refractivity contribution in [2.45, 2.75) is 45.2 Å². The molecule has 1 atom stereocenters. The number of hydrogen-bond donors (Lipinski definition) is 0. The van der Waals surface area contributed by atoms with Gasteiger partial charge in [0.25, 0.3) is 0 Å². The fourth-order valence-corrected chi connectivity index (χ4v) is 3.18. The van der Waals surface area contributed by atoms with Gasteiger partial charge in [-0.05, 0) is 50.1 Å². The fraction of sp³-hybridized carbons (Fsp3) is 0.500. The van der Waals surface area contributed by atoms with Crippen LogP contribution in [0, 0.1) is 0 Å². The van der Waals surface area contributed by atoms with Crippen molar-refractivity contribution >= 4 is 0 Å². The number of methoxy groups -OCH3 is 1. The van der Waals surface area contributed by atoms with Crippen LogP contribution in [0.2, 0.25) is 0 Å². The zero-order valence-corrected chi connectivity index (χ0v) is 13.4. The molecule has 1 aliphatic rings. The minimum Gasteiger partial charge on any atom is -0.497 e. The topological polar surface area (TPSA) is 38.5 Å². The lowest BCUT2D eigenvalue weighted by Crippen LogP contribution is -2.38. The Morgan fingerprint density at radius 2 is 2.09 bits per heavy atom. The summed E-state index contributed by atoms with van der Waals surface area (Å²) >= 11 is 0. The second kappa shape index (κ2) is 6.97. The van der Waals surface area contributed by atoms with Crippen molar-refractivity contribution in [1.29, 1.82) is 0 Å².